The van der Waals surface area contributed by atoms with Gasteiger partial charge in [0.05, 0.1) is 19.8 Å². The van der Waals surface area contributed by atoms with Crippen LogP contribution in [0.4, 0.5) is 0 Å². The van der Waals surface area contributed by atoms with Crippen LogP contribution < -0.4 is 5.32 Å². The van der Waals surface area contributed by atoms with E-state index >= 15 is 0 Å². The van der Waals surface area contributed by atoms with Crippen molar-refractivity contribution < 1.29 is 19.7 Å². The lowest BCUT2D eigenvalue weighted by Crippen LogP contribution is -2.59. The van der Waals surface area contributed by atoms with E-state index in [9.17, 15) is 15.0 Å². The number of fused-ring (bicyclic) bond motifs is 5. The van der Waals surface area contributed by atoms with Crippen molar-refractivity contribution in [2.75, 3.05) is 20.3 Å². The first-order chi connectivity index (χ1) is 15.2. The van der Waals surface area contributed by atoms with Crippen LogP contribution in [0, 0.1) is 46.3 Å². The maximum Gasteiger partial charge on any atom is 0.305 e. The molecule has 5 heteroatoms. The van der Waals surface area contributed by atoms with Gasteiger partial charge in [-0.25, -0.2) is 0 Å². The lowest BCUT2D eigenvalue weighted by molar-refractivity contribution is -0.167. The standard InChI is InChI=1S/C27H47NO4/c1-17(5-8-24(31)32-4)20-6-7-21-25-22(10-12-27(20,21)3)26(2)11-9-19(28-13-14-29)15-18(26)16-23(25)30/h17-23,25,28-30H,5-16H2,1-4H3/t17-,18+,19-,20?,21?,22?,23-,25?,26+,27-/m1/s1. The molecule has 0 aliphatic heterocycles. The Morgan fingerprint density at radius 1 is 1.09 bits per heavy atom. The zero-order valence-electron chi connectivity index (χ0n) is 20.8. The average molecular weight is 450 g/mol. The van der Waals surface area contributed by atoms with Crippen LogP contribution in [0.15, 0.2) is 0 Å². The van der Waals surface area contributed by atoms with Gasteiger partial charge in [0, 0.05) is 19.0 Å². The Kier molecular flexibility index (Phi) is 7.30. The average Bonchev–Trinajstić information content (AvgIpc) is 3.13. The maximum atomic E-state index is 11.7. The number of ether oxygens (including phenoxy) is 1. The number of aliphatic hydroxyl groups excluding tert-OH is 2. The summed E-state index contributed by atoms with van der Waals surface area (Å²) >= 11 is 0. The highest BCUT2D eigenvalue weighted by Crippen LogP contribution is 2.68. The summed E-state index contributed by atoms with van der Waals surface area (Å²) in [6.45, 7) is 8.27. The molecule has 4 rings (SSSR count). The van der Waals surface area contributed by atoms with Crippen LogP contribution in [-0.2, 0) is 9.53 Å². The molecular formula is C27H47NO4. The van der Waals surface area contributed by atoms with Gasteiger partial charge in [-0.3, -0.25) is 4.79 Å². The van der Waals surface area contributed by atoms with Gasteiger partial charge in [-0.15, -0.1) is 0 Å². The van der Waals surface area contributed by atoms with Gasteiger partial charge < -0.3 is 20.3 Å². The number of carbonyl (C=O) groups is 1. The summed E-state index contributed by atoms with van der Waals surface area (Å²) in [4.78, 5) is 11.7. The second-order valence-electron chi connectivity index (χ2n) is 12.3. The van der Waals surface area contributed by atoms with Crippen molar-refractivity contribution in [2.45, 2.75) is 97.1 Å². The summed E-state index contributed by atoms with van der Waals surface area (Å²) in [5.74, 6) is 3.36. The summed E-state index contributed by atoms with van der Waals surface area (Å²) in [6.07, 6.45) is 10.8. The molecule has 4 saturated carbocycles. The van der Waals surface area contributed by atoms with Gasteiger partial charge in [-0.2, -0.15) is 0 Å². The molecule has 5 nitrogen and oxygen atoms in total. The number of methoxy groups -OCH3 is 1. The van der Waals surface area contributed by atoms with Gasteiger partial charge in [0.2, 0.25) is 0 Å². The first-order valence-corrected chi connectivity index (χ1v) is 13.3. The van der Waals surface area contributed by atoms with Gasteiger partial charge in [-0.05, 0) is 104 Å². The van der Waals surface area contributed by atoms with Crippen molar-refractivity contribution >= 4 is 5.97 Å². The predicted octanol–water partition coefficient (Wildman–Crippen LogP) is 4.16. The van der Waals surface area contributed by atoms with Crippen LogP contribution in [0.5, 0.6) is 0 Å². The lowest BCUT2D eigenvalue weighted by Gasteiger charge is -2.62. The molecule has 0 bridgehead atoms. The molecule has 0 heterocycles. The van der Waals surface area contributed by atoms with Crippen molar-refractivity contribution in [3.63, 3.8) is 0 Å². The van der Waals surface area contributed by atoms with E-state index in [4.69, 9.17) is 4.74 Å². The van der Waals surface area contributed by atoms with Crippen LogP contribution in [0.25, 0.3) is 0 Å². The smallest absolute Gasteiger partial charge is 0.305 e. The molecular weight excluding hydrogens is 402 g/mol. The van der Waals surface area contributed by atoms with Crippen LogP contribution in [0.3, 0.4) is 0 Å². The van der Waals surface area contributed by atoms with Crippen LogP contribution in [-0.4, -0.2) is 48.6 Å². The van der Waals surface area contributed by atoms with Gasteiger partial charge in [-0.1, -0.05) is 20.8 Å². The number of aliphatic hydroxyl groups is 2. The van der Waals surface area contributed by atoms with E-state index in [-0.39, 0.29) is 18.7 Å². The fraction of sp³-hybridized carbons (Fsp3) is 0.963. The Balaban J connectivity index is 1.48. The summed E-state index contributed by atoms with van der Waals surface area (Å²) in [7, 11) is 1.48. The van der Waals surface area contributed by atoms with Gasteiger partial charge >= 0.3 is 5.97 Å². The molecule has 0 aromatic carbocycles. The molecule has 4 aliphatic carbocycles. The van der Waals surface area contributed by atoms with E-state index < -0.39 is 0 Å². The van der Waals surface area contributed by atoms with E-state index in [2.05, 4.69) is 26.1 Å². The highest BCUT2D eigenvalue weighted by molar-refractivity contribution is 5.69. The number of nitrogens with one attached hydrogen (secondary N) is 1. The fourth-order valence-corrected chi connectivity index (χ4v) is 9.30. The van der Waals surface area contributed by atoms with Crippen LogP contribution in [0.2, 0.25) is 0 Å². The lowest BCUT2D eigenvalue weighted by atomic mass is 9.43. The zero-order valence-corrected chi connectivity index (χ0v) is 20.8. The summed E-state index contributed by atoms with van der Waals surface area (Å²) < 4.78 is 4.88. The number of hydrogen-bond donors (Lipinski definition) is 3. The van der Waals surface area contributed by atoms with Gasteiger partial charge in [0.25, 0.3) is 0 Å². The predicted molar refractivity (Wildman–Crippen MR) is 126 cm³/mol. The van der Waals surface area contributed by atoms with E-state index in [0.29, 0.717) is 65.3 Å². The minimum absolute atomic E-state index is 0.0917. The Morgan fingerprint density at radius 3 is 2.53 bits per heavy atom. The van der Waals surface area contributed by atoms with Crippen LogP contribution >= 0.6 is 0 Å². The molecule has 3 N–H and O–H groups in total. The van der Waals surface area contributed by atoms with Crippen LogP contribution in [0.1, 0.15) is 85.0 Å². The third-order valence-corrected chi connectivity index (χ3v) is 11.0. The molecule has 0 radical (unpaired) electrons. The molecule has 4 aliphatic rings. The molecule has 0 spiro atoms. The molecule has 32 heavy (non-hydrogen) atoms. The molecule has 10 atom stereocenters. The first kappa shape index (κ1) is 24.5. The molecule has 0 amide bonds. The third-order valence-electron chi connectivity index (χ3n) is 11.0. The molecule has 0 saturated heterocycles. The summed E-state index contributed by atoms with van der Waals surface area (Å²) in [6, 6.07) is 0.490. The quantitative estimate of drug-likeness (QED) is 0.509. The number of rotatable bonds is 7. The topological polar surface area (TPSA) is 78.8 Å². The second kappa shape index (κ2) is 9.54. The summed E-state index contributed by atoms with van der Waals surface area (Å²) in [5.41, 5.74) is 0.637. The molecule has 4 unspecified atom stereocenters. The van der Waals surface area contributed by atoms with Crippen molar-refractivity contribution in [1.29, 1.82) is 0 Å². The Bertz CT molecular complexity index is 670. The van der Waals surface area contributed by atoms with Crippen molar-refractivity contribution in [3.05, 3.63) is 0 Å². The van der Waals surface area contributed by atoms with E-state index in [1.165, 1.54) is 45.6 Å². The second-order valence-corrected chi connectivity index (χ2v) is 12.3. The minimum Gasteiger partial charge on any atom is -0.469 e. The monoisotopic (exact) mass is 449 g/mol. The Hall–Kier alpha value is -0.650. The van der Waals surface area contributed by atoms with Crippen molar-refractivity contribution in [2.24, 2.45) is 46.3 Å². The summed E-state index contributed by atoms with van der Waals surface area (Å²) in [5, 5.41) is 24.2. The SMILES string of the molecule is COC(=O)CC[C@@H](C)C1CCC2C3C(CC[C@@]21C)[C@@]1(C)CC[C@@H](NCCO)C[C@H]1C[C@H]3O. The van der Waals surface area contributed by atoms with Crippen molar-refractivity contribution in [3.8, 4) is 0 Å². The molecule has 0 aromatic heterocycles. The number of esters is 1. The van der Waals surface area contributed by atoms with Gasteiger partial charge in [0.15, 0.2) is 0 Å². The number of carbonyl (C=O) groups excluding carboxylic acids is 1. The largest absolute Gasteiger partial charge is 0.469 e. The maximum absolute atomic E-state index is 11.7. The fourth-order valence-electron chi connectivity index (χ4n) is 9.30. The van der Waals surface area contributed by atoms with E-state index in [1.807, 2.05) is 0 Å². The molecule has 4 fully saturated rings. The van der Waals surface area contributed by atoms with Gasteiger partial charge in [0.1, 0.15) is 0 Å². The Morgan fingerprint density at radius 2 is 1.81 bits per heavy atom. The normalized spacial score (nSPS) is 46.6. The molecule has 184 valence electrons. The zero-order chi connectivity index (χ0) is 23.1. The third kappa shape index (κ3) is 4.15. The van der Waals surface area contributed by atoms with E-state index in [0.717, 1.165) is 19.3 Å². The minimum atomic E-state index is -0.177. The number of hydrogen-bond acceptors (Lipinski definition) is 5. The molecule has 0 aromatic rings. The Labute approximate surface area is 195 Å². The van der Waals surface area contributed by atoms with Crippen molar-refractivity contribution in [1.82, 2.24) is 5.32 Å². The first-order valence-electron chi connectivity index (χ1n) is 13.3. The van der Waals surface area contributed by atoms with E-state index in [1.54, 1.807) is 0 Å². The highest BCUT2D eigenvalue weighted by Gasteiger charge is 2.62. The highest BCUT2D eigenvalue weighted by atomic mass is 16.5.